The lowest BCUT2D eigenvalue weighted by Gasteiger charge is -2.34. The molecule has 1 unspecified atom stereocenters. The molecule has 3 nitrogen and oxygen atoms in total. The molecule has 4 rings (SSSR count). The fourth-order valence-electron chi connectivity index (χ4n) is 4.21. The third-order valence-electron chi connectivity index (χ3n) is 5.56. The number of rotatable bonds is 3. The summed E-state index contributed by atoms with van der Waals surface area (Å²) >= 11 is 3.94. The highest BCUT2D eigenvalue weighted by molar-refractivity contribution is 9.09. The van der Waals surface area contributed by atoms with Crippen LogP contribution in [0.25, 0.3) is 0 Å². The van der Waals surface area contributed by atoms with Gasteiger partial charge < -0.3 is 9.19 Å². The SMILES string of the molecule is Br[C@H]1CCCCCC[C@@H]1OP1N(c2ccccc2)C[C@@H]2CCCN21. The fraction of sp³-hybridized carbons (Fsp3) is 0.684. The Balaban J connectivity index is 1.53. The van der Waals surface area contributed by atoms with E-state index in [1.807, 2.05) is 0 Å². The molecule has 0 bridgehead atoms. The molecule has 1 saturated carbocycles. The van der Waals surface area contributed by atoms with E-state index in [9.17, 15) is 0 Å². The van der Waals surface area contributed by atoms with Crippen molar-refractivity contribution in [3.63, 3.8) is 0 Å². The standard InChI is InChI=1S/C19H28BrN2OP/c20-18-12-6-1-2-7-13-19(18)23-24-21-14-8-11-17(21)15-22(24)16-9-4-3-5-10-16/h3-5,9-10,17-19H,1-2,6-8,11-15H2/t17-,18-,19-,24?/m0/s1. The molecule has 0 spiro atoms. The molecule has 5 heteroatoms. The zero-order valence-electron chi connectivity index (χ0n) is 14.3. The van der Waals surface area contributed by atoms with Gasteiger partial charge in [0.1, 0.15) is 0 Å². The van der Waals surface area contributed by atoms with E-state index < -0.39 is 8.45 Å². The van der Waals surface area contributed by atoms with Crippen molar-refractivity contribution < 1.29 is 4.52 Å². The summed E-state index contributed by atoms with van der Waals surface area (Å²) in [5, 5.41) is 0. The first-order valence-electron chi connectivity index (χ1n) is 9.53. The topological polar surface area (TPSA) is 15.7 Å². The van der Waals surface area contributed by atoms with Gasteiger partial charge in [-0.1, -0.05) is 59.8 Å². The van der Waals surface area contributed by atoms with Crippen LogP contribution in [-0.2, 0) is 4.52 Å². The lowest BCUT2D eigenvalue weighted by atomic mass is 9.99. The van der Waals surface area contributed by atoms with Crippen molar-refractivity contribution in [2.24, 2.45) is 0 Å². The van der Waals surface area contributed by atoms with Crippen molar-refractivity contribution in [2.45, 2.75) is 68.3 Å². The number of hydrogen-bond donors (Lipinski definition) is 0. The number of anilines is 1. The summed E-state index contributed by atoms with van der Waals surface area (Å²) in [6.07, 6.45) is 10.9. The van der Waals surface area contributed by atoms with Crippen LogP contribution >= 0.6 is 24.4 Å². The number of para-hydroxylation sites is 1. The zero-order valence-corrected chi connectivity index (χ0v) is 16.8. The summed E-state index contributed by atoms with van der Waals surface area (Å²) in [6, 6.07) is 11.6. The molecule has 0 aromatic heterocycles. The molecule has 0 radical (unpaired) electrons. The molecule has 2 saturated heterocycles. The minimum atomic E-state index is -0.659. The van der Waals surface area contributed by atoms with Gasteiger partial charge in [-0.2, -0.15) is 0 Å². The van der Waals surface area contributed by atoms with Crippen LogP contribution in [0.4, 0.5) is 5.69 Å². The smallest absolute Gasteiger partial charge is 0.218 e. The molecule has 0 amide bonds. The minimum Gasteiger partial charge on any atom is -0.322 e. The Morgan fingerprint density at radius 3 is 2.58 bits per heavy atom. The number of hydrogen-bond acceptors (Lipinski definition) is 3. The molecule has 4 atom stereocenters. The Hall–Kier alpha value is -0.150. The van der Waals surface area contributed by atoms with Gasteiger partial charge in [0.25, 0.3) is 0 Å². The number of benzene rings is 1. The Morgan fingerprint density at radius 1 is 0.958 bits per heavy atom. The summed E-state index contributed by atoms with van der Waals surface area (Å²) < 4.78 is 12.1. The van der Waals surface area contributed by atoms with Crippen LogP contribution in [0.5, 0.6) is 0 Å². The van der Waals surface area contributed by atoms with Crippen LogP contribution < -0.4 is 4.67 Å². The van der Waals surface area contributed by atoms with Crippen LogP contribution in [-0.4, -0.2) is 34.7 Å². The maximum Gasteiger partial charge on any atom is 0.218 e. The Kier molecular flexibility index (Phi) is 5.78. The van der Waals surface area contributed by atoms with E-state index in [0.717, 1.165) is 6.54 Å². The van der Waals surface area contributed by atoms with E-state index in [1.54, 1.807) is 0 Å². The first-order chi connectivity index (χ1) is 11.8. The number of fused-ring (bicyclic) bond motifs is 1. The molecular weight excluding hydrogens is 383 g/mol. The Bertz CT molecular complexity index is 531. The van der Waals surface area contributed by atoms with Gasteiger partial charge in [0, 0.05) is 29.6 Å². The lowest BCUT2D eigenvalue weighted by Crippen LogP contribution is -2.28. The Morgan fingerprint density at radius 2 is 1.75 bits per heavy atom. The highest BCUT2D eigenvalue weighted by Crippen LogP contribution is 2.58. The summed E-state index contributed by atoms with van der Waals surface area (Å²) in [5.74, 6) is 0. The molecule has 24 heavy (non-hydrogen) atoms. The second kappa shape index (κ2) is 8.03. The van der Waals surface area contributed by atoms with E-state index in [-0.39, 0.29) is 0 Å². The third kappa shape index (κ3) is 3.67. The summed E-state index contributed by atoms with van der Waals surface area (Å²) in [4.78, 5) is 0.513. The number of alkyl halides is 1. The van der Waals surface area contributed by atoms with E-state index in [2.05, 4.69) is 55.6 Å². The van der Waals surface area contributed by atoms with Gasteiger partial charge >= 0.3 is 0 Å². The second-order valence-electron chi connectivity index (χ2n) is 7.28. The molecule has 2 aliphatic heterocycles. The summed E-state index contributed by atoms with van der Waals surface area (Å²) in [6.45, 7) is 2.34. The average Bonchev–Trinajstić information content (AvgIpc) is 3.17. The van der Waals surface area contributed by atoms with Crippen LogP contribution in [0, 0.1) is 0 Å². The van der Waals surface area contributed by atoms with Gasteiger partial charge in [-0.25, -0.2) is 4.67 Å². The number of halogens is 1. The van der Waals surface area contributed by atoms with Gasteiger partial charge in [0.15, 0.2) is 0 Å². The largest absolute Gasteiger partial charge is 0.322 e. The van der Waals surface area contributed by atoms with Crippen molar-refractivity contribution in [1.82, 2.24) is 4.67 Å². The molecule has 3 aliphatic rings. The quantitative estimate of drug-likeness (QED) is 0.469. The first-order valence-corrected chi connectivity index (χ1v) is 11.6. The summed E-state index contributed by atoms with van der Waals surface area (Å²) in [7, 11) is -0.659. The molecular formula is C19H28BrN2OP. The van der Waals surface area contributed by atoms with E-state index in [4.69, 9.17) is 4.52 Å². The van der Waals surface area contributed by atoms with Crippen molar-refractivity contribution in [2.75, 3.05) is 17.8 Å². The highest BCUT2D eigenvalue weighted by atomic mass is 79.9. The van der Waals surface area contributed by atoms with E-state index in [1.165, 1.54) is 63.6 Å². The molecule has 0 N–H and O–H groups in total. The second-order valence-corrected chi connectivity index (χ2v) is 10.2. The fourth-order valence-corrected chi connectivity index (χ4v) is 7.52. The first kappa shape index (κ1) is 17.3. The maximum absolute atomic E-state index is 6.85. The number of nitrogens with zero attached hydrogens (tertiary/aromatic N) is 2. The molecule has 3 fully saturated rings. The molecule has 1 aromatic rings. The lowest BCUT2D eigenvalue weighted by molar-refractivity contribution is 0.181. The minimum absolute atomic E-state index is 0.363. The zero-order chi connectivity index (χ0) is 16.4. The van der Waals surface area contributed by atoms with Crippen molar-refractivity contribution in [3.05, 3.63) is 30.3 Å². The van der Waals surface area contributed by atoms with Gasteiger partial charge in [-0.15, -0.1) is 0 Å². The molecule has 132 valence electrons. The van der Waals surface area contributed by atoms with E-state index in [0.29, 0.717) is 17.0 Å². The van der Waals surface area contributed by atoms with E-state index >= 15 is 0 Å². The van der Waals surface area contributed by atoms with Crippen LogP contribution in [0.1, 0.15) is 51.4 Å². The van der Waals surface area contributed by atoms with Gasteiger partial charge in [0.05, 0.1) is 6.10 Å². The van der Waals surface area contributed by atoms with Crippen LogP contribution in [0.3, 0.4) is 0 Å². The monoisotopic (exact) mass is 410 g/mol. The Labute approximate surface area is 155 Å². The summed E-state index contributed by atoms with van der Waals surface area (Å²) in [5.41, 5.74) is 1.33. The molecule has 1 aromatic carbocycles. The van der Waals surface area contributed by atoms with Gasteiger partial charge in [0.2, 0.25) is 8.45 Å². The predicted molar refractivity (Wildman–Crippen MR) is 106 cm³/mol. The maximum atomic E-state index is 6.85. The average molecular weight is 411 g/mol. The molecule has 2 heterocycles. The predicted octanol–water partition coefficient (Wildman–Crippen LogP) is 5.70. The van der Waals surface area contributed by atoms with Crippen molar-refractivity contribution in [1.29, 1.82) is 0 Å². The highest BCUT2D eigenvalue weighted by Gasteiger charge is 2.45. The van der Waals surface area contributed by atoms with Crippen LogP contribution in [0.2, 0.25) is 0 Å². The molecule has 1 aliphatic carbocycles. The normalized spacial score (nSPS) is 34.8. The third-order valence-corrected chi connectivity index (χ3v) is 8.84. The van der Waals surface area contributed by atoms with Gasteiger partial charge in [-0.3, -0.25) is 0 Å². The van der Waals surface area contributed by atoms with Crippen molar-refractivity contribution in [3.8, 4) is 0 Å². The van der Waals surface area contributed by atoms with Crippen LogP contribution in [0.15, 0.2) is 30.3 Å². The van der Waals surface area contributed by atoms with Gasteiger partial charge in [-0.05, 0) is 37.8 Å². The van der Waals surface area contributed by atoms with Crippen molar-refractivity contribution >= 4 is 30.1 Å².